The Bertz CT molecular complexity index is 239. The Morgan fingerprint density at radius 1 is 1.40 bits per heavy atom. The Morgan fingerprint density at radius 3 is 3.07 bits per heavy atom. The van der Waals surface area contributed by atoms with Crippen LogP contribution in [-0.2, 0) is 4.79 Å². The van der Waals surface area contributed by atoms with Gasteiger partial charge in [0.25, 0.3) is 0 Å². The number of carbonyl (C=O) groups excluding carboxylic acids is 1. The number of amides is 1. The zero-order valence-electron chi connectivity index (χ0n) is 9.85. The van der Waals surface area contributed by atoms with Gasteiger partial charge in [-0.25, -0.2) is 0 Å². The van der Waals surface area contributed by atoms with E-state index in [2.05, 4.69) is 12.2 Å². The van der Waals surface area contributed by atoms with Crippen molar-refractivity contribution < 1.29 is 4.79 Å². The summed E-state index contributed by atoms with van der Waals surface area (Å²) in [5.41, 5.74) is 0.557. The molecule has 0 aromatic heterocycles. The number of carbonyl (C=O) groups is 1. The van der Waals surface area contributed by atoms with Crippen LogP contribution in [0.3, 0.4) is 0 Å². The Kier molecular flexibility index (Phi) is 3.32. The number of rotatable bonds is 1. The highest BCUT2D eigenvalue weighted by atomic mass is 16.1. The van der Waals surface area contributed by atoms with Gasteiger partial charge in [0.15, 0.2) is 0 Å². The first-order valence-electron chi connectivity index (χ1n) is 6.53. The Hall–Kier alpha value is -0.530. The van der Waals surface area contributed by atoms with Crippen LogP contribution < -0.4 is 5.32 Å². The topological polar surface area (TPSA) is 29.1 Å². The van der Waals surface area contributed by atoms with E-state index >= 15 is 0 Å². The van der Waals surface area contributed by atoms with Crippen molar-refractivity contribution in [2.45, 2.75) is 58.3 Å². The molecule has 2 heteroatoms. The van der Waals surface area contributed by atoms with E-state index in [-0.39, 0.29) is 5.91 Å². The molecule has 0 unspecified atom stereocenters. The molecule has 0 spiro atoms. The molecule has 0 radical (unpaired) electrons. The summed E-state index contributed by atoms with van der Waals surface area (Å²) in [6.45, 7) is 3.18. The van der Waals surface area contributed by atoms with Crippen molar-refractivity contribution in [3.63, 3.8) is 0 Å². The zero-order valence-corrected chi connectivity index (χ0v) is 9.85. The standard InChI is InChI=1S/C13H23NO/c1-2-13-8-7-12(15)14-9-5-3-4-6-11(13)10-13/h11H,2-10H2,1H3,(H,14,15)/t11-,13-/m1/s1. The average molecular weight is 209 g/mol. The van der Waals surface area contributed by atoms with Gasteiger partial charge in [-0.1, -0.05) is 26.2 Å². The SMILES string of the molecule is CC[C@]12CCC(=O)NCCCCC[C@@H]1C2. The van der Waals surface area contributed by atoms with Gasteiger partial charge in [-0.15, -0.1) is 0 Å². The highest BCUT2D eigenvalue weighted by Gasteiger charge is 2.51. The van der Waals surface area contributed by atoms with E-state index in [0.717, 1.165) is 31.7 Å². The van der Waals surface area contributed by atoms with Gasteiger partial charge in [0.1, 0.15) is 0 Å². The van der Waals surface area contributed by atoms with Gasteiger partial charge >= 0.3 is 0 Å². The molecule has 1 aliphatic heterocycles. The summed E-state index contributed by atoms with van der Waals surface area (Å²) in [5.74, 6) is 1.21. The molecule has 1 N–H and O–H groups in total. The quantitative estimate of drug-likeness (QED) is 0.707. The lowest BCUT2D eigenvalue weighted by Gasteiger charge is -2.14. The van der Waals surface area contributed by atoms with Crippen LogP contribution in [0.2, 0.25) is 0 Å². The highest BCUT2D eigenvalue weighted by molar-refractivity contribution is 5.75. The molecule has 2 aliphatic rings. The fourth-order valence-electron chi connectivity index (χ4n) is 3.13. The lowest BCUT2D eigenvalue weighted by atomic mass is 9.92. The van der Waals surface area contributed by atoms with Crippen molar-refractivity contribution >= 4 is 5.91 Å². The van der Waals surface area contributed by atoms with Crippen molar-refractivity contribution in [3.8, 4) is 0 Å². The molecular formula is C13H23NO. The van der Waals surface area contributed by atoms with E-state index < -0.39 is 0 Å². The van der Waals surface area contributed by atoms with Crippen molar-refractivity contribution in [2.75, 3.05) is 6.54 Å². The fourth-order valence-corrected chi connectivity index (χ4v) is 3.13. The second-order valence-electron chi connectivity index (χ2n) is 5.32. The van der Waals surface area contributed by atoms with Gasteiger partial charge in [-0.3, -0.25) is 4.79 Å². The zero-order chi connectivity index (χ0) is 10.7. The molecule has 0 aromatic rings. The molecule has 86 valence electrons. The monoisotopic (exact) mass is 209 g/mol. The summed E-state index contributed by atoms with van der Waals surface area (Å²) in [5, 5.41) is 3.02. The summed E-state index contributed by atoms with van der Waals surface area (Å²) >= 11 is 0. The molecule has 1 saturated carbocycles. The van der Waals surface area contributed by atoms with Crippen molar-refractivity contribution in [3.05, 3.63) is 0 Å². The lowest BCUT2D eigenvalue weighted by Crippen LogP contribution is -2.24. The Balaban J connectivity index is 1.91. The summed E-state index contributed by atoms with van der Waals surface area (Å²) in [6, 6.07) is 0. The van der Waals surface area contributed by atoms with E-state index in [1.165, 1.54) is 32.1 Å². The smallest absolute Gasteiger partial charge is 0.220 e. The van der Waals surface area contributed by atoms with Crippen molar-refractivity contribution in [2.24, 2.45) is 11.3 Å². The summed E-state index contributed by atoms with van der Waals surface area (Å²) in [4.78, 5) is 11.5. The molecule has 1 heterocycles. The van der Waals surface area contributed by atoms with Crippen LogP contribution in [0.5, 0.6) is 0 Å². The minimum Gasteiger partial charge on any atom is -0.356 e. The van der Waals surface area contributed by atoms with E-state index in [9.17, 15) is 4.79 Å². The fraction of sp³-hybridized carbons (Fsp3) is 0.923. The lowest BCUT2D eigenvalue weighted by molar-refractivity contribution is -0.121. The maximum Gasteiger partial charge on any atom is 0.220 e. The molecule has 1 amide bonds. The molecular weight excluding hydrogens is 186 g/mol. The van der Waals surface area contributed by atoms with Gasteiger partial charge in [0.2, 0.25) is 5.91 Å². The molecule has 0 bridgehead atoms. The number of fused-ring (bicyclic) bond motifs is 1. The molecule has 1 saturated heterocycles. The van der Waals surface area contributed by atoms with Crippen LogP contribution in [0, 0.1) is 11.3 Å². The van der Waals surface area contributed by atoms with E-state index in [1.54, 1.807) is 0 Å². The maximum atomic E-state index is 11.5. The molecule has 1 aliphatic carbocycles. The largest absolute Gasteiger partial charge is 0.356 e. The highest BCUT2D eigenvalue weighted by Crippen LogP contribution is 2.60. The second-order valence-corrected chi connectivity index (χ2v) is 5.32. The van der Waals surface area contributed by atoms with Crippen LogP contribution in [0.25, 0.3) is 0 Å². The van der Waals surface area contributed by atoms with Crippen LogP contribution in [0.15, 0.2) is 0 Å². The third kappa shape index (κ3) is 2.53. The van der Waals surface area contributed by atoms with Gasteiger partial charge in [-0.05, 0) is 37.0 Å². The van der Waals surface area contributed by atoms with Gasteiger partial charge in [0, 0.05) is 13.0 Å². The predicted octanol–water partition coefficient (Wildman–Crippen LogP) is 2.87. The molecule has 2 rings (SSSR count). The van der Waals surface area contributed by atoms with Crippen molar-refractivity contribution in [1.29, 1.82) is 0 Å². The molecule has 2 atom stereocenters. The summed E-state index contributed by atoms with van der Waals surface area (Å²) in [7, 11) is 0. The van der Waals surface area contributed by atoms with Crippen LogP contribution in [0.4, 0.5) is 0 Å². The number of hydrogen-bond acceptors (Lipinski definition) is 1. The van der Waals surface area contributed by atoms with Gasteiger partial charge < -0.3 is 5.32 Å². The van der Waals surface area contributed by atoms with Gasteiger partial charge in [0.05, 0.1) is 0 Å². The average Bonchev–Trinajstić information content (AvgIpc) is 2.94. The van der Waals surface area contributed by atoms with Crippen LogP contribution >= 0.6 is 0 Å². The predicted molar refractivity (Wildman–Crippen MR) is 61.5 cm³/mol. The summed E-state index contributed by atoms with van der Waals surface area (Å²) < 4.78 is 0. The minimum atomic E-state index is 0.273. The molecule has 2 fully saturated rings. The van der Waals surface area contributed by atoms with E-state index in [1.807, 2.05) is 0 Å². The van der Waals surface area contributed by atoms with Crippen LogP contribution in [-0.4, -0.2) is 12.5 Å². The first-order chi connectivity index (χ1) is 7.27. The van der Waals surface area contributed by atoms with Crippen molar-refractivity contribution in [1.82, 2.24) is 5.32 Å². The molecule has 2 nitrogen and oxygen atoms in total. The third-order valence-corrected chi connectivity index (χ3v) is 4.46. The summed E-state index contributed by atoms with van der Waals surface area (Å²) in [6.07, 6.45) is 9.75. The normalized spacial score (nSPS) is 37.4. The Morgan fingerprint density at radius 2 is 2.27 bits per heavy atom. The molecule has 15 heavy (non-hydrogen) atoms. The van der Waals surface area contributed by atoms with E-state index in [0.29, 0.717) is 5.41 Å². The minimum absolute atomic E-state index is 0.273. The second kappa shape index (κ2) is 4.54. The molecule has 0 aromatic carbocycles. The number of nitrogens with one attached hydrogen (secondary N) is 1. The first-order valence-corrected chi connectivity index (χ1v) is 6.53. The van der Waals surface area contributed by atoms with Gasteiger partial charge in [-0.2, -0.15) is 0 Å². The first kappa shape index (κ1) is 11.0. The third-order valence-electron chi connectivity index (χ3n) is 4.46. The maximum absolute atomic E-state index is 11.5. The van der Waals surface area contributed by atoms with Crippen LogP contribution in [0.1, 0.15) is 58.3 Å². The number of hydrogen-bond donors (Lipinski definition) is 1. The van der Waals surface area contributed by atoms with E-state index in [4.69, 9.17) is 0 Å². The Labute approximate surface area is 92.8 Å².